The second-order valence-corrected chi connectivity index (χ2v) is 7.37. The minimum Gasteiger partial charge on any atom is -0.465 e. The van der Waals surface area contributed by atoms with Crippen molar-refractivity contribution in [1.82, 2.24) is 0 Å². The van der Waals surface area contributed by atoms with Crippen LogP contribution in [-0.2, 0) is 23.9 Å². The molecule has 0 aliphatic heterocycles. The fraction of sp³-hybridized carbons (Fsp3) is 0.458. The zero-order valence-electron chi connectivity index (χ0n) is 18.3. The molecule has 1 aliphatic rings. The van der Waals surface area contributed by atoms with Gasteiger partial charge in [0.25, 0.3) is 0 Å². The van der Waals surface area contributed by atoms with Gasteiger partial charge >= 0.3 is 11.9 Å². The van der Waals surface area contributed by atoms with Gasteiger partial charge in [0.15, 0.2) is 5.78 Å². The molecule has 1 atom stereocenters. The Kier molecular flexibility index (Phi) is 9.53. The Labute approximate surface area is 173 Å². The second kappa shape index (κ2) is 11.3. The lowest BCUT2D eigenvalue weighted by molar-refractivity contribution is -0.152. The highest BCUT2D eigenvalue weighted by atomic mass is 16.5. The Balaban J connectivity index is 2.96. The third-order valence-corrected chi connectivity index (χ3v) is 4.92. The van der Waals surface area contributed by atoms with Gasteiger partial charge in [0.1, 0.15) is 6.61 Å². The average molecular weight is 401 g/mol. The molecule has 0 fully saturated rings. The lowest BCUT2D eigenvalue weighted by atomic mass is 9.70. The topological polar surface area (TPSA) is 69.7 Å². The number of ketones is 1. The zero-order valence-corrected chi connectivity index (χ0v) is 18.3. The number of hydrogen-bond acceptors (Lipinski definition) is 5. The van der Waals surface area contributed by atoms with Gasteiger partial charge in [-0.3, -0.25) is 14.4 Å². The summed E-state index contributed by atoms with van der Waals surface area (Å²) in [6, 6.07) is 0. The Morgan fingerprint density at radius 3 is 2.41 bits per heavy atom. The van der Waals surface area contributed by atoms with Crippen LogP contribution in [0.25, 0.3) is 0 Å². The van der Waals surface area contributed by atoms with Crippen molar-refractivity contribution in [3.8, 4) is 0 Å². The highest BCUT2D eigenvalue weighted by molar-refractivity contribution is 6.00. The second-order valence-electron chi connectivity index (χ2n) is 7.37. The van der Waals surface area contributed by atoms with Crippen molar-refractivity contribution in [3.05, 3.63) is 58.7 Å². The van der Waals surface area contributed by atoms with Gasteiger partial charge in [0, 0.05) is 13.3 Å². The number of rotatable bonds is 8. The molecular weight excluding hydrogens is 368 g/mol. The third-order valence-electron chi connectivity index (χ3n) is 4.92. The fourth-order valence-corrected chi connectivity index (χ4v) is 3.04. The van der Waals surface area contributed by atoms with Crippen LogP contribution in [0.1, 0.15) is 54.4 Å². The van der Waals surface area contributed by atoms with Crippen LogP contribution in [0.4, 0.5) is 0 Å². The van der Waals surface area contributed by atoms with Gasteiger partial charge in [-0.2, -0.15) is 0 Å². The van der Waals surface area contributed by atoms with Crippen LogP contribution in [0.5, 0.6) is 0 Å². The van der Waals surface area contributed by atoms with Crippen molar-refractivity contribution in [1.29, 1.82) is 0 Å². The Morgan fingerprint density at radius 2 is 1.79 bits per heavy atom. The molecule has 158 valence electrons. The Morgan fingerprint density at radius 1 is 1.10 bits per heavy atom. The molecule has 0 aromatic rings. The van der Waals surface area contributed by atoms with Crippen LogP contribution >= 0.6 is 0 Å². The van der Waals surface area contributed by atoms with Gasteiger partial charge in [0.05, 0.1) is 12.0 Å². The van der Waals surface area contributed by atoms with E-state index in [1.807, 2.05) is 57.2 Å². The number of carbonyl (C=O) groups excluding carboxylic acids is 3. The maximum Gasteiger partial charge on any atom is 0.316 e. The molecule has 0 aromatic heterocycles. The summed E-state index contributed by atoms with van der Waals surface area (Å²) in [6.07, 6.45) is 12.1. The Bertz CT molecular complexity index is 792. The maximum atomic E-state index is 12.5. The summed E-state index contributed by atoms with van der Waals surface area (Å²) in [5.74, 6) is -0.525. The largest absolute Gasteiger partial charge is 0.465 e. The van der Waals surface area contributed by atoms with E-state index in [1.54, 1.807) is 13.8 Å². The van der Waals surface area contributed by atoms with Crippen LogP contribution in [0.3, 0.4) is 0 Å². The highest BCUT2D eigenvalue weighted by Gasteiger charge is 2.42. The Hall–Kier alpha value is -2.69. The van der Waals surface area contributed by atoms with Crippen molar-refractivity contribution in [2.75, 3.05) is 13.2 Å². The van der Waals surface area contributed by atoms with Gasteiger partial charge in [-0.25, -0.2) is 0 Å². The molecule has 0 heterocycles. The maximum absolute atomic E-state index is 12.5. The average Bonchev–Trinajstić information content (AvgIpc) is 2.64. The van der Waals surface area contributed by atoms with Gasteiger partial charge in [-0.05, 0) is 58.3 Å². The molecule has 0 amide bonds. The summed E-state index contributed by atoms with van der Waals surface area (Å²) in [5, 5.41) is 0. The van der Waals surface area contributed by atoms with E-state index < -0.39 is 5.41 Å². The molecule has 1 aliphatic carbocycles. The smallest absolute Gasteiger partial charge is 0.316 e. The first-order valence-corrected chi connectivity index (χ1v) is 9.86. The standard InChI is InChI=1S/C24H32O5/c1-7-28-23(27)24(6)15-13-22(26)19(4)21(24)12-11-17(2)9-8-10-18(3)14-16-29-20(5)25/h8-12,14H,7,13,15-16H2,1-6H3/b10-8+,12-11+,17-9+,18-14+. The molecule has 29 heavy (non-hydrogen) atoms. The van der Waals surface area contributed by atoms with Gasteiger partial charge in [-0.15, -0.1) is 0 Å². The van der Waals surface area contributed by atoms with Crippen LogP contribution in [-0.4, -0.2) is 30.9 Å². The van der Waals surface area contributed by atoms with E-state index in [9.17, 15) is 14.4 Å². The highest BCUT2D eigenvalue weighted by Crippen LogP contribution is 2.41. The van der Waals surface area contributed by atoms with Crippen molar-refractivity contribution in [2.24, 2.45) is 5.41 Å². The molecule has 0 N–H and O–H groups in total. The molecule has 0 bridgehead atoms. The van der Waals surface area contributed by atoms with Gasteiger partial charge < -0.3 is 9.47 Å². The molecule has 5 heteroatoms. The van der Waals surface area contributed by atoms with E-state index >= 15 is 0 Å². The molecule has 0 saturated carbocycles. The summed E-state index contributed by atoms with van der Waals surface area (Å²) in [6.45, 7) is 11.2. The van der Waals surface area contributed by atoms with E-state index in [0.717, 1.165) is 16.7 Å². The number of Topliss-reactive ketones (excluding diaryl/α,β-unsaturated/α-hetero) is 1. The predicted molar refractivity (Wildman–Crippen MR) is 114 cm³/mol. The first-order valence-electron chi connectivity index (χ1n) is 9.86. The van der Waals surface area contributed by atoms with Crippen LogP contribution in [0.15, 0.2) is 58.7 Å². The molecule has 1 rings (SSSR count). The summed E-state index contributed by atoms with van der Waals surface area (Å²) in [7, 11) is 0. The predicted octanol–water partition coefficient (Wildman–Crippen LogP) is 4.80. The molecule has 0 radical (unpaired) electrons. The number of esters is 2. The van der Waals surface area contributed by atoms with Crippen molar-refractivity contribution < 1.29 is 23.9 Å². The minimum atomic E-state index is -0.809. The van der Waals surface area contributed by atoms with E-state index in [4.69, 9.17) is 9.47 Å². The normalized spacial score (nSPS) is 21.2. The first kappa shape index (κ1) is 24.3. The van der Waals surface area contributed by atoms with E-state index in [2.05, 4.69) is 0 Å². The van der Waals surface area contributed by atoms with E-state index in [1.165, 1.54) is 6.92 Å². The summed E-state index contributed by atoms with van der Waals surface area (Å²) < 4.78 is 10.1. The van der Waals surface area contributed by atoms with Crippen molar-refractivity contribution in [3.63, 3.8) is 0 Å². The lowest BCUT2D eigenvalue weighted by Crippen LogP contribution is -2.36. The lowest BCUT2D eigenvalue weighted by Gasteiger charge is -2.33. The molecular formula is C24H32O5. The number of hydrogen-bond donors (Lipinski definition) is 0. The molecule has 1 unspecified atom stereocenters. The van der Waals surface area contributed by atoms with Crippen LogP contribution in [0, 0.1) is 5.41 Å². The number of carbonyl (C=O) groups is 3. The molecule has 0 saturated heterocycles. The van der Waals surface area contributed by atoms with Gasteiger partial charge in [0.2, 0.25) is 0 Å². The molecule has 5 nitrogen and oxygen atoms in total. The van der Waals surface area contributed by atoms with Gasteiger partial charge in [-0.1, -0.05) is 41.5 Å². The summed E-state index contributed by atoms with van der Waals surface area (Å²) in [5.41, 5.74) is 2.48. The van der Waals surface area contributed by atoms with Crippen LogP contribution < -0.4 is 0 Å². The first-order chi connectivity index (χ1) is 13.6. The van der Waals surface area contributed by atoms with Crippen LogP contribution in [0.2, 0.25) is 0 Å². The monoisotopic (exact) mass is 400 g/mol. The van der Waals surface area contributed by atoms with E-state index in [-0.39, 0.29) is 24.3 Å². The summed E-state index contributed by atoms with van der Waals surface area (Å²) in [4.78, 5) is 35.5. The molecule has 0 aromatic carbocycles. The minimum absolute atomic E-state index is 0.0708. The molecule has 0 spiro atoms. The number of allylic oxidation sites excluding steroid dienone is 8. The number of ether oxygens (including phenoxy) is 2. The summed E-state index contributed by atoms with van der Waals surface area (Å²) >= 11 is 0. The van der Waals surface area contributed by atoms with E-state index in [0.29, 0.717) is 25.0 Å². The SMILES string of the molecule is CCOC(=O)C1(C)CCC(=O)C(C)=C1/C=C/C(C)=C/C=C/C(C)=C/COC(C)=O. The quantitative estimate of drug-likeness (QED) is 0.432. The van der Waals surface area contributed by atoms with Crippen molar-refractivity contribution >= 4 is 17.7 Å². The fourth-order valence-electron chi connectivity index (χ4n) is 3.04. The third kappa shape index (κ3) is 7.33. The van der Waals surface area contributed by atoms with Crippen molar-refractivity contribution in [2.45, 2.75) is 54.4 Å². The zero-order chi connectivity index (χ0) is 22.0.